The predicted octanol–water partition coefficient (Wildman–Crippen LogP) is 1.69. The molecule has 0 aliphatic carbocycles. The summed E-state index contributed by atoms with van der Waals surface area (Å²) in [6, 6.07) is 0. The molecule has 4 nitrogen and oxygen atoms in total. The maximum Gasteiger partial charge on any atom is 0.323 e. The SMILES string of the molecule is CC1(C)CCN(CCCCC(C)(N)C(=O)O)C1. The zero-order valence-corrected chi connectivity index (χ0v) is 11.3. The molecule has 1 unspecified atom stereocenters. The first-order chi connectivity index (χ1) is 7.73. The molecule has 1 aliphatic heterocycles. The van der Waals surface area contributed by atoms with Crippen LogP contribution < -0.4 is 5.73 Å². The lowest BCUT2D eigenvalue weighted by Gasteiger charge is -2.21. The average molecular weight is 242 g/mol. The number of carboxylic acid groups (broad SMARTS) is 1. The van der Waals surface area contributed by atoms with Gasteiger partial charge in [-0.25, -0.2) is 0 Å². The molecule has 1 atom stereocenters. The normalized spacial score (nSPS) is 23.5. The fourth-order valence-electron chi connectivity index (χ4n) is 2.35. The lowest BCUT2D eigenvalue weighted by Crippen LogP contribution is -2.44. The largest absolute Gasteiger partial charge is 0.480 e. The Kier molecular flexibility index (Phi) is 4.55. The van der Waals surface area contributed by atoms with E-state index in [1.165, 1.54) is 13.0 Å². The summed E-state index contributed by atoms with van der Waals surface area (Å²) in [6.45, 7) is 9.59. The summed E-state index contributed by atoms with van der Waals surface area (Å²) in [5.74, 6) is -0.903. The Morgan fingerprint density at radius 3 is 2.59 bits per heavy atom. The standard InChI is InChI=1S/C13H26N2O2/c1-12(2)7-9-15(10-12)8-5-4-6-13(3,14)11(16)17/h4-10,14H2,1-3H3,(H,16,17). The highest BCUT2D eigenvalue weighted by Crippen LogP contribution is 2.28. The van der Waals surface area contributed by atoms with Crippen molar-refractivity contribution in [2.24, 2.45) is 11.1 Å². The zero-order chi connectivity index (χ0) is 13.1. The Morgan fingerprint density at radius 1 is 1.47 bits per heavy atom. The third-order valence-electron chi connectivity index (χ3n) is 3.67. The second kappa shape index (κ2) is 5.36. The van der Waals surface area contributed by atoms with Crippen LogP contribution in [-0.4, -0.2) is 41.1 Å². The van der Waals surface area contributed by atoms with Gasteiger partial charge in [0, 0.05) is 6.54 Å². The first-order valence-corrected chi connectivity index (χ1v) is 6.48. The number of carboxylic acids is 1. The molecular weight excluding hydrogens is 216 g/mol. The van der Waals surface area contributed by atoms with Gasteiger partial charge in [0.1, 0.15) is 5.54 Å². The van der Waals surface area contributed by atoms with Crippen LogP contribution in [0.25, 0.3) is 0 Å². The van der Waals surface area contributed by atoms with Crippen molar-refractivity contribution in [1.29, 1.82) is 0 Å². The molecule has 0 amide bonds. The molecule has 0 radical (unpaired) electrons. The van der Waals surface area contributed by atoms with Crippen molar-refractivity contribution in [3.05, 3.63) is 0 Å². The van der Waals surface area contributed by atoms with Crippen molar-refractivity contribution in [1.82, 2.24) is 4.90 Å². The summed E-state index contributed by atoms with van der Waals surface area (Å²) >= 11 is 0. The second-order valence-corrected chi connectivity index (χ2v) is 6.37. The molecule has 4 heteroatoms. The molecule has 100 valence electrons. The fourth-order valence-corrected chi connectivity index (χ4v) is 2.35. The number of hydrogen-bond donors (Lipinski definition) is 2. The van der Waals surface area contributed by atoms with Crippen LogP contribution in [0.15, 0.2) is 0 Å². The van der Waals surface area contributed by atoms with Crippen LogP contribution >= 0.6 is 0 Å². The van der Waals surface area contributed by atoms with Gasteiger partial charge in [0.15, 0.2) is 0 Å². The molecule has 0 aromatic rings. The Balaban J connectivity index is 2.15. The zero-order valence-electron chi connectivity index (χ0n) is 11.3. The molecule has 0 bridgehead atoms. The van der Waals surface area contributed by atoms with Crippen LogP contribution in [0.5, 0.6) is 0 Å². The molecule has 0 saturated carbocycles. The number of aliphatic carboxylic acids is 1. The van der Waals surface area contributed by atoms with Crippen molar-refractivity contribution in [3.63, 3.8) is 0 Å². The van der Waals surface area contributed by atoms with Gasteiger partial charge in [-0.05, 0) is 51.1 Å². The lowest BCUT2D eigenvalue weighted by atomic mass is 9.93. The van der Waals surface area contributed by atoms with Crippen LogP contribution in [0, 0.1) is 5.41 Å². The average Bonchev–Trinajstić information content (AvgIpc) is 2.53. The highest BCUT2D eigenvalue weighted by molar-refractivity contribution is 5.77. The van der Waals surface area contributed by atoms with Gasteiger partial charge in [-0.3, -0.25) is 4.79 Å². The summed E-state index contributed by atoms with van der Waals surface area (Å²) in [5, 5.41) is 8.89. The smallest absolute Gasteiger partial charge is 0.323 e. The monoisotopic (exact) mass is 242 g/mol. The first kappa shape index (κ1) is 14.5. The summed E-state index contributed by atoms with van der Waals surface area (Å²) < 4.78 is 0. The molecule has 3 N–H and O–H groups in total. The van der Waals surface area contributed by atoms with E-state index >= 15 is 0 Å². The summed E-state index contributed by atoms with van der Waals surface area (Å²) in [7, 11) is 0. The van der Waals surface area contributed by atoms with Crippen LogP contribution in [-0.2, 0) is 4.79 Å². The Labute approximate surface area is 104 Å². The number of rotatable bonds is 6. The molecule has 1 heterocycles. The van der Waals surface area contributed by atoms with Gasteiger partial charge in [0.25, 0.3) is 0 Å². The molecule has 1 saturated heterocycles. The third-order valence-corrected chi connectivity index (χ3v) is 3.67. The van der Waals surface area contributed by atoms with Crippen molar-refractivity contribution in [2.75, 3.05) is 19.6 Å². The number of hydrogen-bond acceptors (Lipinski definition) is 3. The van der Waals surface area contributed by atoms with E-state index in [0.29, 0.717) is 11.8 Å². The maximum absolute atomic E-state index is 10.8. The van der Waals surface area contributed by atoms with E-state index in [-0.39, 0.29) is 0 Å². The van der Waals surface area contributed by atoms with Crippen LogP contribution in [0.1, 0.15) is 46.5 Å². The minimum Gasteiger partial charge on any atom is -0.480 e. The Hall–Kier alpha value is -0.610. The van der Waals surface area contributed by atoms with Crippen molar-refractivity contribution in [2.45, 2.75) is 52.0 Å². The summed E-state index contributed by atoms with van der Waals surface area (Å²) in [4.78, 5) is 13.3. The quantitative estimate of drug-likeness (QED) is 0.696. The topological polar surface area (TPSA) is 66.6 Å². The second-order valence-electron chi connectivity index (χ2n) is 6.37. The van der Waals surface area contributed by atoms with Gasteiger partial charge in [-0.15, -0.1) is 0 Å². The minimum absolute atomic E-state index is 0.448. The van der Waals surface area contributed by atoms with E-state index in [9.17, 15) is 4.79 Å². The maximum atomic E-state index is 10.8. The first-order valence-electron chi connectivity index (χ1n) is 6.48. The number of carbonyl (C=O) groups is 1. The number of nitrogens with two attached hydrogens (primary N) is 1. The molecule has 0 spiro atoms. The van der Waals surface area contributed by atoms with Crippen LogP contribution in [0.2, 0.25) is 0 Å². The van der Waals surface area contributed by atoms with E-state index < -0.39 is 11.5 Å². The number of unbranched alkanes of at least 4 members (excludes halogenated alkanes) is 1. The highest BCUT2D eigenvalue weighted by atomic mass is 16.4. The van der Waals surface area contributed by atoms with E-state index in [1.807, 2.05) is 0 Å². The molecule has 0 aromatic carbocycles. The summed E-state index contributed by atoms with van der Waals surface area (Å²) in [6.07, 6.45) is 3.74. The van der Waals surface area contributed by atoms with Gasteiger partial charge < -0.3 is 15.7 Å². The molecule has 1 aliphatic rings. The van der Waals surface area contributed by atoms with Crippen molar-refractivity contribution >= 4 is 5.97 Å². The van der Waals surface area contributed by atoms with Gasteiger partial charge in [-0.1, -0.05) is 13.8 Å². The Bertz CT molecular complexity index is 275. The van der Waals surface area contributed by atoms with Gasteiger partial charge in [0.05, 0.1) is 0 Å². The van der Waals surface area contributed by atoms with Crippen LogP contribution in [0.3, 0.4) is 0 Å². The molecule has 1 rings (SSSR count). The fraction of sp³-hybridized carbons (Fsp3) is 0.923. The Morgan fingerprint density at radius 2 is 2.12 bits per heavy atom. The summed E-state index contributed by atoms with van der Waals surface area (Å²) in [5.41, 5.74) is 5.07. The van der Waals surface area contributed by atoms with Crippen molar-refractivity contribution in [3.8, 4) is 0 Å². The van der Waals surface area contributed by atoms with E-state index in [2.05, 4.69) is 18.7 Å². The highest BCUT2D eigenvalue weighted by Gasteiger charge is 2.29. The number of likely N-dealkylation sites (tertiary alicyclic amines) is 1. The van der Waals surface area contributed by atoms with Gasteiger partial charge in [0.2, 0.25) is 0 Å². The van der Waals surface area contributed by atoms with Crippen molar-refractivity contribution < 1.29 is 9.90 Å². The molecule has 17 heavy (non-hydrogen) atoms. The lowest BCUT2D eigenvalue weighted by molar-refractivity contribution is -0.142. The molecular formula is C13H26N2O2. The van der Waals surface area contributed by atoms with Gasteiger partial charge in [-0.2, -0.15) is 0 Å². The third kappa shape index (κ3) is 4.64. The van der Waals surface area contributed by atoms with E-state index in [1.54, 1.807) is 6.92 Å². The van der Waals surface area contributed by atoms with Crippen LogP contribution in [0.4, 0.5) is 0 Å². The molecule has 0 aromatic heterocycles. The molecule has 1 fully saturated rings. The number of nitrogens with zero attached hydrogens (tertiary/aromatic N) is 1. The van der Waals surface area contributed by atoms with Gasteiger partial charge >= 0.3 is 5.97 Å². The van der Waals surface area contributed by atoms with E-state index in [4.69, 9.17) is 10.8 Å². The minimum atomic E-state index is -1.07. The van der Waals surface area contributed by atoms with E-state index in [0.717, 1.165) is 25.9 Å². The predicted molar refractivity (Wildman–Crippen MR) is 68.9 cm³/mol.